The maximum atomic E-state index is 13.1. The van der Waals surface area contributed by atoms with Gasteiger partial charge in [-0.1, -0.05) is 0 Å². The zero-order valence-corrected chi connectivity index (χ0v) is 16.0. The number of ketones is 1. The second-order valence-electron chi connectivity index (χ2n) is 6.46. The topological polar surface area (TPSA) is 86.9 Å². The van der Waals surface area contributed by atoms with Crippen molar-refractivity contribution in [1.82, 2.24) is 14.8 Å². The van der Waals surface area contributed by atoms with Crippen molar-refractivity contribution in [1.29, 1.82) is 0 Å². The number of carbonyl (C=O) groups is 2. The Bertz CT molecular complexity index is 867. The van der Waals surface area contributed by atoms with Gasteiger partial charge in [0.25, 0.3) is 5.91 Å². The smallest absolute Gasteiger partial charge is 0.290 e. The van der Waals surface area contributed by atoms with E-state index in [1.807, 2.05) is 25.9 Å². The van der Waals surface area contributed by atoms with Gasteiger partial charge in [-0.3, -0.25) is 9.59 Å². The van der Waals surface area contributed by atoms with Crippen LogP contribution in [0.25, 0.3) is 0 Å². The van der Waals surface area contributed by atoms with Gasteiger partial charge in [0.1, 0.15) is 11.8 Å². The van der Waals surface area contributed by atoms with Crippen molar-refractivity contribution in [2.45, 2.75) is 19.9 Å². The van der Waals surface area contributed by atoms with Crippen molar-refractivity contribution in [3.8, 4) is 0 Å². The van der Waals surface area contributed by atoms with Gasteiger partial charge in [-0.2, -0.15) is 0 Å². The van der Waals surface area contributed by atoms with Crippen LogP contribution in [0.3, 0.4) is 0 Å². The predicted molar refractivity (Wildman–Crippen MR) is 97.3 cm³/mol. The van der Waals surface area contributed by atoms with Crippen molar-refractivity contribution < 1.29 is 19.1 Å². The van der Waals surface area contributed by atoms with Crippen LogP contribution in [0.15, 0.2) is 34.1 Å². The highest BCUT2D eigenvalue weighted by molar-refractivity contribution is 7.14. The molecule has 0 aliphatic carbocycles. The Hall–Kier alpha value is -2.45. The summed E-state index contributed by atoms with van der Waals surface area (Å²) in [5.41, 5.74) is 0.644. The largest absolute Gasteiger partial charge is 0.503 e. The minimum absolute atomic E-state index is 0.0513. The summed E-state index contributed by atoms with van der Waals surface area (Å²) in [5, 5.41) is 11.2. The molecule has 1 aliphatic heterocycles. The van der Waals surface area contributed by atoms with E-state index >= 15 is 0 Å². The molecular formula is C18H21N3O4S. The van der Waals surface area contributed by atoms with E-state index < -0.39 is 17.7 Å². The van der Waals surface area contributed by atoms with Gasteiger partial charge in [0.2, 0.25) is 5.78 Å². The van der Waals surface area contributed by atoms with Gasteiger partial charge < -0.3 is 19.3 Å². The van der Waals surface area contributed by atoms with E-state index in [-0.39, 0.29) is 11.4 Å². The van der Waals surface area contributed by atoms with Gasteiger partial charge in [0.05, 0.1) is 27.4 Å². The lowest BCUT2D eigenvalue weighted by Gasteiger charge is -2.26. The molecule has 2 aromatic heterocycles. The van der Waals surface area contributed by atoms with Gasteiger partial charge in [-0.05, 0) is 40.1 Å². The lowest BCUT2D eigenvalue weighted by Crippen LogP contribution is -2.36. The molecule has 2 aromatic rings. The third-order valence-corrected chi connectivity index (χ3v) is 5.33. The molecule has 3 rings (SSSR count). The van der Waals surface area contributed by atoms with Crippen molar-refractivity contribution >= 4 is 23.0 Å². The molecule has 0 radical (unpaired) electrons. The zero-order valence-electron chi connectivity index (χ0n) is 15.1. The number of hydrogen-bond donors (Lipinski definition) is 1. The first-order valence-electron chi connectivity index (χ1n) is 8.22. The first-order valence-corrected chi connectivity index (χ1v) is 9.04. The second kappa shape index (κ2) is 7.05. The fraction of sp³-hybridized carbons (Fsp3) is 0.389. The fourth-order valence-corrected chi connectivity index (χ4v) is 3.90. The summed E-state index contributed by atoms with van der Waals surface area (Å²) in [4.78, 5) is 33.9. The molecule has 0 spiro atoms. The highest BCUT2D eigenvalue weighted by Gasteiger charge is 2.45. The van der Waals surface area contributed by atoms with Crippen molar-refractivity contribution in [3.05, 3.63) is 51.1 Å². The molecule has 0 aromatic carbocycles. The number of Topliss-reactive ketones (excluding diaryl/α,β-unsaturated/α-hetero) is 1. The van der Waals surface area contributed by atoms with Crippen LogP contribution in [0.5, 0.6) is 0 Å². The molecule has 0 saturated heterocycles. The van der Waals surface area contributed by atoms with Crippen LogP contribution in [-0.4, -0.2) is 58.8 Å². The molecule has 0 bridgehead atoms. The number of aromatic nitrogens is 1. The molecule has 0 saturated carbocycles. The highest BCUT2D eigenvalue weighted by atomic mass is 32.1. The molecule has 3 heterocycles. The third kappa shape index (κ3) is 3.17. The maximum absolute atomic E-state index is 13.1. The maximum Gasteiger partial charge on any atom is 0.290 e. The summed E-state index contributed by atoms with van der Waals surface area (Å²) in [5.74, 6) is -1.01. The van der Waals surface area contributed by atoms with Crippen molar-refractivity contribution in [2.24, 2.45) is 0 Å². The van der Waals surface area contributed by atoms with Crippen LogP contribution in [0.1, 0.15) is 32.2 Å². The number of rotatable bonds is 6. The lowest BCUT2D eigenvalue weighted by atomic mass is 9.99. The van der Waals surface area contributed by atoms with Gasteiger partial charge >= 0.3 is 0 Å². The van der Waals surface area contributed by atoms with Crippen LogP contribution in [0.2, 0.25) is 0 Å². The Labute approximate surface area is 155 Å². The van der Waals surface area contributed by atoms with Gasteiger partial charge in [-0.25, -0.2) is 4.98 Å². The van der Waals surface area contributed by atoms with Crippen molar-refractivity contribution in [3.63, 3.8) is 0 Å². The van der Waals surface area contributed by atoms with E-state index in [4.69, 9.17) is 4.42 Å². The van der Waals surface area contributed by atoms with Crippen LogP contribution in [-0.2, 0) is 4.79 Å². The number of thiazole rings is 1. The Morgan fingerprint density at radius 3 is 2.69 bits per heavy atom. The number of aliphatic hydroxyl groups excluding tert-OH is 1. The zero-order chi connectivity index (χ0) is 19.0. The molecule has 1 N–H and O–H groups in total. The van der Waals surface area contributed by atoms with E-state index in [0.717, 1.165) is 5.01 Å². The second-order valence-corrected chi connectivity index (χ2v) is 7.66. The quantitative estimate of drug-likeness (QED) is 0.781. The Balaban J connectivity index is 2.04. The number of likely N-dealkylation sites (N-methyl/N-ethyl adjacent to an activating group) is 1. The number of aryl methyl sites for hydroxylation is 2. The number of nitrogens with zero attached hydrogens (tertiary/aromatic N) is 3. The number of aliphatic hydroxyl groups is 1. The molecule has 138 valence electrons. The fourth-order valence-electron chi connectivity index (χ4n) is 3.03. The lowest BCUT2D eigenvalue weighted by molar-refractivity contribution is -0.129. The first-order chi connectivity index (χ1) is 12.3. The Kier molecular flexibility index (Phi) is 4.97. The number of hydrogen-bond acceptors (Lipinski definition) is 7. The number of carbonyl (C=O) groups excluding carboxylic acids is 2. The van der Waals surface area contributed by atoms with E-state index in [1.165, 1.54) is 22.5 Å². The SMILES string of the molecule is Cc1nc(C)c(C(=O)C2=C(O)C(=O)N(CCN(C)C)[C@@H]2c2ccco2)s1. The van der Waals surface area contributed by atoms with Crippen LogP contribution in [0.4, 0.5) is 0 Å². The number of amides is 1. The van der Waals surface area contributed by atoms with Crippen molar-refractivity contribution in [2.75, 3.05) is 27.2 Å². The third-order valence-electron chi connectivity index (χ3n) is 4.26. The monoisotopic (exact) mass is 375 g/mol. The number of furan rings is 1. The summed E-state index contributed by atoms with van der Waals surface area (Å²) >= 11 is 1.26. The minimum Gasteiger partial charge on any atom is -0.503 e. The average Bonchev–Trinajstić information content (AvgIpc) is 3.26. The summed E-state index contributed by atoms with van der Waals surface area (Å²) in [7, 11) is 3.79. The summed E-state index contributed by atoms with van der Waals surface area (Å²) in [6.45, 7) is 4.52. The molecule has 1 aliphatic rings. The summed E-state index contributed by atoms with van der Waals surface area (Å²) in [6.07, 6.45) is 1.49. The molecule has 0 fully saturated rings. The van der Waals surface area contributed by atoms with Crippen LogP contribution in [0, 0.1) is 13.8 Å². The Morgan fingerprint density at radius 2 is 2.15 bits per heavy atom. The molecule has 0 unspecified atom stereocenters. The van der Waals surface area contributed by atoms with E-state index in [0.29, 0.717) is 29.4 Å². The molecule has 26 heavy (non-hydrogen) atoms. The van der Waals surface area contributed by atoms with Gasteiger partial charge in [-0.15, -0.1) is 11.3 Å². The van der Waals surface area contributed by atoms with E-state index in [1.54, 1.807) is 19.1 Å². The molecule has 1 atom stereocenters. The normalized spacial score (nSPS) is 17.7. The predicted octanol–water partition coefficient (Wildman–Crippen LogP) is 2.49. The molecule has 8 heteroatoms. The first kappa shape index (κ1) is 18.3. The van der Waals surface area contributed by atoms with Crippen LogP contribution < -0.4 is 0 Å². The van der Waals surface area contributed by atoms with E-state index in [9.17, 15) is 14.7 Å². The van der Waals surface area contributed by atoms with Gasteiger partial charge in [0, 0.05) is 13.1 Å². The summed E-state index contributed by atoms with van der Waals surface area (Å²) in [6, 6.07) is 2.66. The standard InChI is InChI=1S/C18H21N3O4S/c1-10-17(26-11(2)19-10)15(22)13-14(12-6-5-9-25-12)21(8-7-20(3)4)18(24)16(13)23/h5-6,9,14,23H,7-8H2,1-4H3/t14-/m1/s1. The van der Waals surface area contributed by atoms with Gasteiger partial charge in [0.15, 0.2) is 5.76 Å². The highest BCUT2D eigenvalue weighted by Crippen LogP contribution is 2.40. The van der Waals surface area contributed by atoms with Crippen LogP contribution >= 0.6 is 11.3 Å². The molecule has 7 nitrogen and oxygen atoms in total. The summed E-state index contributed by atoms with van der Waals surface area (Å²) < 4.78 is 5.49. The minimum atomic E-state index is -0.744. The molecular weight excluding hydrogens is 354 g/mol. The van der Waals surface area contributed by atoms with E-state index in [2.05, 4.69) is 4.98 Å². The molecule has 1 amide bonds. The average molecular weight is 375 g/mol. The Morgan fingerprint density at radius 1 is 1.42 bits per heavy atom.